The first kappa shape index (κ1) is 17.2. The predicted molar refractivity (Wildman–Crippen MR) is 83.6 cm³/mol. The minimum Gasteiger partial charge on any atom is -0.497 e. The number of benzene rings is 2. The van der Waals surface area contributed by atoms with E-state index in [2.05, 4.69) is 5.73 Å². The summed E-state index contributed by atoms with van der Waals surface area (Å²) in [6.45, 7) is 0.100. The molecule has 0 saturated heterocycles. The Labute approximate surface area is 134 Å². The summed E-state index contributed by atoms with van der Waals surface area (Å²) in [5.74, 6) is 0.466. The van der Waals surface area contributed by atoms with Gasteiger partial charge in [0, 0.05) is 5.56 Å². The zero-order valence-corrected chi connectivity index (χ0v) is 13.8. The third kappa shape index (κ3) is 3.46. The van der Waals surface area contributed by atoms with Crippen molar-refractivity contribution in [3.8, 4) is 11.5 Å². The molecule has 23 heavy (non-hydrogen) atoms. The molecule has 0 aromatic heterocycles. The fraction of sp³-hybridized carbons (Fsp3) is 0.250. The zero-order valence-electron chi connectivity index (χ0n) is 13.0. The zero-order chi connectivity index (χ0) is 17.0. The van der Waals surface area contributed by atoms with Crippen LogP contribution in [0.1, 0.15) is 10.8 Å². The Kier molecular flexibility index (Phi) is 5.23. The first-order valence-corrected chi connectivity index (χ1v) is 8.49. The van der Waals surface area contributed by atoms with Gasteiger partial charge in [-0.3, -0.25) is 0 Å². The van der Waals surface area contributed by atoms with Crippen molar-refractivity contribution in [2.45, 2.75) is 10.1 Å². The Hall–Kier alpha value is -2.12. The van der Waals surface area contributed by atoms with Crippen LogP contribution in [0.4, 0.5) is 4.39 Å². The number of rotatable bonds is 6. The van der Waals surface area contributed by atoms with E-state index in [4.69, 9.17) is 9.47 Å². The van der Waals surface area contributed by atoms with Gasteiger partial charge in [0.15, 0.2) is 9.84 Å². The summed E-state index contributed by atoms with van der Waals surface area (Å²) in [5.41, 5.74) is 4.22. The first-order valence-electron chi connectivity index (χ1n) is 6.94. The fourth-order valence-electron chi connectivity index (χ4n) is 2.36. The molecule has 0 aliphatic rings. The number of ether oxygens (including phenoxy) is 2. The summed E-state index contributed by atoms with van der Waals surface area (Å²) >= 11 is 0. The molecular formula is C16H19FNO4S+. The highest BCUT2D eigenvalue weighted by Crippen LogP contribution is 2.36. The molecule has 3 N–H and O–H groups in total. The van der Waals surface area contributed by atoms with Crippen LogP contribution in [-0.2, 0) is 9.84 Å². The highest BCUT2D eigenvalue weighted by Gasteiger charge is 2.32. The monoisotopic (exact) mass is 340 g/mol. The van der Waals surface area contributed by atoms with Crippen molar-refractivity contribution in [3.05, 3.63) is 53.8 Å². The molecule has 0 spiro atoms. The van der Waals surface area contributed by atoms with Crippen molar-refractivity contribution in [2.75, 3.05) is 20.8 Å². The Balaban J connectivity index is 2.56. The van der Waals surface area contributed by atoms with Gasteiger partial charge >= 0.3 is 0 Å². The van der Waals surface area contributed by atoms with E-state index in [0.717, 1.165) is 12.1 Å². The summed E-state index contributed by atoms with van der Waals surface area (Å²) in [5, 5.41) is -0.919. The van der Waals surface area contributed by atoms with Crippen LogP contribution in [0.2, 0.25) is 0 Å². The van der Waals surface area contributed by atoms with Crippen molar-refractivity contribution in [3.63, 3.8) is 0 Å². The summed E-state index contributed by atoms with van der Waals surface area (Å²) < 4.78 is 49.3. The van der Waals surface area contributed by atoms with Gasteiger partial charge in [0.25, 0.3) is 0 Å². The Morgan fingerprint density at radius 2 is 1.74 bits per heavy atom. The molecule has 124 valence electrons. The number of sulfone groups is 1. The van der Waals surface area contributed by atoms with E-state index in [0.29, 0.717) is 17.1 Å². The van der Waals surface area contributed by atoms with E-state index >= 15 is 0 Å². The van der Waals surface area contributed by atoms with Crippen molar-refractivity contribution >= 4 is 9.84 Å². The van der Waals surface area contributed by atoms with Gasteiger partial charge in [-0.2, -0.15) is 0 Å². The molecule has 0 radical (unpaired) electrons. The highest BCUT2D eigenvalue weighted by molar-refractivity contribution is 7.91. The molecule has 2 aromatic carbocycles. The van der Waals surface area contributed by atoms with E-state index in [1.54, 1.807) is 18.2 Å². The minimum atomic E-state index is -3.74. The Morgan fingerprint density at radius 1 is 1.09 bits per heavy atom. The second-order valence-corrected chi connectivity index (χ2v) is 7.01. The topological polar surface area (TPSA) is 80.2 Å². The highest BCUT2D eigenvalue weighted by atomic mass is 32.2. The number of methoxy groups -OCH3 is 2. The van der Waals surface area contributed by atoms with Crippen LogP contribution >= 0.6 is 0 Å². The van der Waals surface area contributed by atoms with Gasteiger partial charge in [-0.05, 0) is 42.5 Å². The minimum absolute atomic E-state index is 0.0393. The third-order valence-corrected chi connectivity index (χ3v) is 5.73. The van der Waals surface area contributed by atoms with Crippen LogP contribution < -0.4 is 15.2 Å². The number of quaternary nitrogens is 1. The molecule has 0 amide bonds. The lowest BCUT2D eigenvalue weighted by Gasteiger charge is -2.18. The largest absolute Gasteiger partial charge is 0.497 e. The smallest absolute Gasteiger partial charge is 0.191 e. The van der Waals surface area contributed by atoms with Crippen molar-refractivity contribution in [2.24, 2.45) is 0 Å². The van der Waals surface area contributed by atoms with Gasteiger partial charge in [-0.25, -0.2) is 12.8 Å². The molecule has 5 nitrogen and oxygen atoms in total. The molecule has 0 aliphatic heterocycles. The number of hydrogen-bond donors (Lipinski definition) is 1. The predicted octanol–water partition coefficient (Wildman–Crippen LogP) is 1.60. The number of hydrogen-bond acceptors (Lipinski definition) is 4. The summed E-state index contributed by atoms with van der Waals surface area (Å²) in [6.07, 6.45) is 0. The number of halogens is 1. The van der Waals surface area contributed by atoms with Gasteiger partial charge in [-0.15, -0.1) is 0 Å². The second kappa shape index (κ2) is 6.97. The SMILES string of the molecule is COc1ccc(OC)c([C@@H](C[NH3+])S(=O)(=O)c2ccc(F)cc2)c1. The van der Waals surface area contributed by atoms with Crippen molar-refractivity contribution in [1.82, 2.24) is 0 Å². The van der Waals surface area contributed by atoms with Crippen molar-refractivity contribution < 1.29 is 28.0 Å². The van der Waals surface area contributed by atoms with E-state index in [-0.39, 0.29) is 11.4 Å². The van der Waals surface area contributed by atoms with E-state index in [9.17, 15) is 12.8 Å². The van der Waals surface area contributed by atoms with Crippen LogP contribution in [0, 0.1) is 5.82 Å². The lowest BCUT2D eigenvalue weighted by molar-refractivity contribution is -0.367. The van der Waals surface area contributed by atoms with E-state index in [1.807, 2.05) is 0 Å². The maximum Gasteiger partial charge on any atom is 0.191 e. The molecule has 0 saturated carbocycles. The second-order valence-electron chi connectivity index (χ2n) is 4.88. The quantitative estimate of drug-likeness (QED) is 0.810. The Morgan fingerprint density at radius 3 is 2.26 bits per heavy atom. The average Bonchev–Trinajstić information content (AvgIpc) is 2.55. The van der Waals surface area contributed by atoms with Crippen LogP contribution in [-0.4, -0.2) is 29.2 Å². The van der Waals surface area contributed by atoms with E-state index in [1.165, 1.54) is 26.4 Å². The van der Waals surface area contributed by atoms with Gasteiger partial charge < -0.3 is 15.2 Å². The van der Waals surface area contributed by atoms with Gasteiger partial charge in [0.1, 0.15) is 22.6 Å². The molecule has 2 rings (SSSR count). The molecule has 0 fully saturated rings. The van der Waals surface area contributed by atoms with Gasteiger partial charge in [0.05, 0.1) is 25.7 Å². The van der Waals surface area contributed by atoms with Gasteiger partial charge in [0.2, 0.25) is 0 Å². The van der Waals surface area contributed by atoms with Crippen LogP contribution in [0.15, 0.2) is 47.4 Å². The molecule has 7 heteroatoms. The lowest BCUT2D eigenvalue weighted by atomic mass is 10.1. The third-order valence-electron chi connectivity index (χ3n) is 3.56. The average molecular weight is 340 g/mol. The lowest BCUT2D eigenvalue weighted by Crippen LogP contribution is -2.54. The fourth-order valence-corrected chi connectivity index (χ4v) is 4.03. The van der Waals surface area contributed by atoms with Crippen molar-refractivity contribution in [1.29, 1.82) is 0 Å². The van der Waals surface area contributed by atoms with Crippen LogP contribution in [0.3, 0.4) is 0 Å². The maximum absolute atomic E-state index is 13.1. The first-order chi connectivity index (χ1) is 10.9. The van der Waals surface area contributed by atoms with E-state index < -0.39 is 20.9 Å². The van der Waals surface area contributed by atoms with Crippen LogP contribution in [0.5, 0.6) is 11.5 Å². The summed E-state index contributed by atoms with van der Waals surface area (Å²) in [4.78, 5) is 0.0393. The summed E-state index contributed by atoms with van der Waals surface area (Å²) in [7, 11) is -0.776. The maximum atomic E-state index is 13.1. The molecule has 0 bridgehead atoms. The Bertz CT molecular complexity index is 775. The van der Waals surface area contributed by atoms with Crippen LogP contribution in [0.25, 0.3) is 0 Å². The standard InChI is InChI=1S/C16H18FNO4S/c1-21-12-5-8-15(22-2)14(9-12)16(10-18)23(19,20)13-6-3-11(17)4-7-13/h3-9,16H,10,18H2,1-2H3/p+1/t16-/m1/s1. The molecule has 0 unspecified atom stereocenters. The molecular weight excluding hydrogens is 321 g/mol. The molecule has 0 aliphatic carbocycles. The molecule has 0 heterocycles. The summed E-state index contributed by atoms with van der Waals surface area (Å²) in [6, 6.07) is 9.70. The molecule has 1 atom stereocenters. The molecule has 2 aromatic rings. The normalized spacial score (nSPS) is 12.7. The van der Waals surface area contributed by atoms with Gasteiger partial charge in [-0.1, -0.05) is 0 Å².